The van der Waals surface area contributed by atoms with E-state index < -0.39 is 53.9 Å². The molecule has 0 bridgehead atoms. The van der Waals surface area contributed by atoms with Crippen LogP contribution in [0.3, 0.4) is 0 Å². The number of aromatic nitrogens is 2. The summed E-state index contributed by atoms with van der Waals surface area (Å²) in [5, 5.41) is 23.8. The zero-order chi connectivity index (χ0) is 38.9. The topological polar surface area (TPSA) is 162 Å². The first kappa shape index (κ1) is 40.8. The summed E-state index contributed by atoms with van der Waals surface area (Å²) >= 11 is 0. The van der Waals surface area contributed by atoms with Crippen molar-refractivity contribution in [2.24, 2.45) is 11.8 Å². The van der Waals surface area contributed by atoms with Crippen molar-refractivity contribution in [2.75, 3.05) is 0 Å². The summed E-state index contributed by atoms with van der Waals surface area (Å²) < 4.78 is 0. The number of rotatable bonds is 18. The number of pyridine rings is 2. The fourth-order valence-electron chi connectivity index (χ4n) is 5.82. The molecule has 0 aliphatic rings. The lowest BCUT2D eigenvalue weighted by Gasteiger charge is -2.34. The molecule has 0 fully saturated rings. The predicted molar refractivity (Wildman–Crippen MR) is 210 cm³/mol. The molecule has 4 aromatic rings. The first-order valence-electron chi connectivity index (χ1n) is 18.2. The smallest absolute Gasteiger partial charge is 0.244 e. The number of nitrogens with zero attached hydrogens (tertiary/aromatic N) is 2. The van der Waals surface area contributed by atoms with Gasteiger partial charge in [-0.2, -0.15) is 0 Å². The molecule has 0 aliphatic carbocycles. The monoisotopic (exact) mass is 730 g/mol. The lowest BCUT2D eigenvalue weighted by atomic mass is 9.91. The Balaban J connectivity index is 1.58. The van der Waals surface area contributed by atoms with E-state index in [-0.39, 0.29) is 24.7 Å². The Morgan fingerprint density at radius 1 is 0.556 bits per heavy atom. The fourth-order valence-corrected chi connectivity index (χ4v) is 5.82. The summed E-state index contributed by atoms with van der Waals surface area (Å²) in [5.41, 5.74) is 2.89. The highest BCUT2D eigenvalue weighted by Crippen LogP contribution is 2.16. The molecule has 2 heterocycles. The third-order valence-electron chi connectivity index (χ3n) is 8.76. The highest BCUT2D eigenvalue weighted by molar-refractivity contribution is 5.96. The van der Waals surface area contributed by atoms with Gasteiger partial charge in [0.2, 0.25) is 23.6 Å². The molecule has 11 heteroatoms. The highest BCUT2D eigenvalue weighted by Gasteiger charge is 2.35. The van der Waals surface area contributed by atoms with Gasteiger partial charge in [0.15, 0.2) is 0 Å². The third kappa shape index (κ3) is 13.2. The standard InChI is InChI=1S/C43H50N6O5/c1-29(2)39(48-37(50)23-21-33-19-11-13-25-44-33)42(53)46-35(27-31-15-7-5-8-16-31)41(52)36(28-32-17-9-6-10-18-32)47-43(54)40(30(3)4)49-38(51)24-22-34-20-12-14-26-45-34/h5-26,29-30,35-36,39-41,52H,27-28H2,1-4H3,(H,46,53)(H,47,54)(H,48,50)(H,49,51)/t35-,36-,39-,40-,41?/m0/s1. The molecule has 5 N–H and O–H groups in total. The van der Waals surface area contributed by atoms with Crippen LogP contribution in [0.25, 0.3) is 12.2 Å². The maximum Gasteiger partial charge on any atom is 0.244 e. The van der Waals surface area contributed by atoms with Crippen LogP contribution in [0.1, 0.15) is 50.2 Å². The average Bonchev–Trinajstić information content (AvgIpc) is 3.17. The highest BCUT2D eigenvalue weighted by atomic mass is 16.3. The molecule has 0 saturated carbocycles. The van der Waals surface area contributed by atoms with Crippen molar-refractivity contribution < 1.29 is 24.3 Å². The second kappa shape index (κ2) is 20.9. The second-order valence-electron chi connectivity index (χ2n) is 13.7. The third-order valence-corrected chi connectivity index (χ3v) is 8.76. The summed E-state index contributed by atoms with van der Waals surface area (Å²) in [6.45, 7) is 7.28. The average molecular weight is 731 g/mol. The number of hydrogen-bond donors (Lipinski definition) is 5. The van der Waals surface area contributed by atoms with Crippen LogP contribution in [-0.4, -0.2) is 69.0 Å². The Bertz CT molecular complexity index is 1700. The van der Waals surface area contributed by atoms with Gasteiger partial charge in [0.25, 0.3) is 0 Å². The lowest BCUT2D eigenvalue weighted by molar-refractivity contribution is -0.130. The molecule has 0 spiro atoms. The van der Waals surface area contributed by atoms with Crippen LogP contribution >= 0.6 is 0 Å². The molecule has 2 aromatic heterocycles. The van der Waals surface area contributed by atoms with E-state index in [1.807, 2.05) is 100 Å². The van der Waals surface area contributed by atoms with Crippen LogP contribution in [-0.2, 0) is 32.0 Å². The van der Waals surface area contributed by atoms with Gasteiger partial charge in [-0.1, -0.05) is 100 Å². The van der Waals surface area contributed by atoms with Crippen LogP contribution in [0.4, 0.5) is 0 Å². The van der Waals surface area contributed by atoms with Crippen molar-refractivity contribution in [1.82, 2.24) is 31.2 Å². The van der Waals surface area contributed by atoms with Crippen molar-refractivity contribution >= 4 is 35.8 Å². The molecule has 11 nitrogen and oxygen atoms in total. The number of benzene rings is 2. The van der Waals surface area contributed by atoms with E-state index in [2.05, 4.69) is 31.2 Å². The van der Waals surface area contributed by atoms with Gasteiger partial charge in [-0.3, -0.25) is 29.1 Å². The van der Waals surface area contributed by atoms with Crippen molar-refractivity contribution in [3.05, 3.63) is 144 Å². The molecule has 0 aliphatic heterocycles. The van der Waals surface area contributed by atoms with Crippen LogP contribution in [0.15, 0.2) is 122 Å². The van der Waals surface area contributed by atoms with E-state index >= 15 is 0 Å². The minimum absolute atomic E-state index is 0.232. The van der Waals surface area contributed by atoms with Gasteiger partial charge in [-0.05, 0) is 72.2 Å². The Hall–Kier alpha value is -5.94. The number of amides is 4. The number of aliphatic hydroxyl groups excluding tert-OH is 1. The normalized spacial score (nSPS) is 14.3. The Kier molecular flexibility index (Phi) is 15.8. The summed E-state index contributed by atoms with van der Waals surface area (Å²) in [6.07, 6.45) is 8.19. The minimum Gasteiger partial charge on any atom is -0.389 e. The Morgan fingerprint density at radius 2 is 0.926 bits per heavy atom. The van der Waals surface area contributed by atoms with Crippen LogP contribution in [0.2, 0.25) is 0 Å². The van der Waals surface area contributed by atoms with Gasteiger partial charge in [0.05, 0.1) is 29.6 Å². The van der Waals surface area contributed by atoms with Gasteiger partial charge in [0.1, 0.15) is 12.1 Å². The van der Waals surface area contributed by atoms with Crippen LogP contribution in [0.5, 0.6) is 0 Å². The lowest BCUT2D eigenvalue weighted by Crippen LogP contribution is -2.61. The number of nitrogens with one attached hydrogen (secondary N) is 4. The van der Waals surface area contributed by atoms with E-state index in [1.165, 1.54) is 12.2 Å². The molecule has 4 amide bonds. The summed E-state index contributed by atoms with van der Waals surface area (Å²) in [6, 6.07) is 25.8. The molecule has 54 heavy (non-hydrogen) atoms. The van der Waals surface area contributed by atoms with Gasteiger partial charge in [-0.15, -0.1) is 0 Å². The number of hydrogen-bond acceptors (Lipinski definition) is 7. The molecule has 0 saturated heterocycles. The molecule has 2 aromatic carbocycles. The van der Waals surface area contributed by atoms with Crippen LogP contribution in [0, 0.1) is 11.8 Å². The van der Waals surface area contributed by atoms with Crippen molar-refractivity contribution in [3.63, 3.8) is 0 Å². The van der Waals surface area contributed by atoms with E-state index in [1.54, 1.807) is 48.8 Å². The van der Waals surface area contributed by atoms with Gasteiger partial charge in [0, 0.05) is 24.5 Å². The summed E-state index contributed by atoms with van der Waals surface area (Å²) in [5.74, 6) is -2.51. The first-order chi connectivity index (χ1) is 26.0. The largest absolute Gasteiger partial charge is 0.389 e. The molecule has 0 radical (unpaired) electrons. The fraction of sp³-hybridized carbons (Fsp3) is 0.302. The Morgan fingerprint density at radius 3 is 1.26 bits per heavy atom. The van der Waals surface area contributed by atoms with E-state index in [4.69, 9.17) is 0 Å². The van der Waals surface area contributed by atoms with E-state index in [9.17, 15) is 24.3 Å². The summed E-state index contributed by atoms with van der Waals surface area (Å²) in [4.78, 5) is 62.2. The van der Waals surface area contributed by atoms with E-state index in [0.717, 1.165) is 11.1 Å². The molecular formula is C43H50N6O5. The number of aliphatic hydroxyl groups is 1. The molecular weight excluding hydrogens is 681 g/mol. The minimum atomic E-state index is -1.29. The van der Waals surface area contributed by atoms with Gasteiger partial charge >= 0.3 is 0 Å². The SMILES string of the molecule is CC(C)[C@H](NC(=O)C=Cc1ccccn1)C(=O)N[C@@H](Cc1ccccc1)C(O)[C@H](Cc1ccccc1)NC(=O)[C@@H](NC(=O)C=Cc1ccccn1)C(C)C. The zero-order valence-electron chi connectivity index (χ0n) is 31.1. The predicted octanol–water partition coefficient (Wildman–Crippen LogP) is 4.30. The molecule has 4 rings (SSSR count). The van der Waals surface area contributed by atoms with Gasteiger partial charge < -0.3 is 26.4 Å². The molecule has 282 valence electrons. The number of carbonyl (C=O) groups is 4. The maximum absolute atomic E-state index is 14.0. The summed E-state index contributed by atoms with van der Waals surface area (Å²) in [7, 11) is 0. The zero-order valence-corrected chi connectivity index (χ0v) is 31.1. The maximum atomic E-state index is 14.0. The molecule has 0 unspecified atom stereocenters. The second-order valence-corrected chi connectivity index (χ2v) is 13.7. The van der Waals surface area contributed by atoms with E-state index in [0.29, 0.717) is 11.4 Å². The van der Waals surface area contributed by atoms with Crippen LogP contribution < -0.4 is 21.3 Å². The van der Waals surface area contributed by atoms with Crippen molar-refractivity contribution in [3.8, 4) is 0 Å². The van der Waals surface area contributed by atoms with Crippen molar-refractivity contribution in [1.29, 1.82) is 0 Å². The molecule has 4 atom stereocenters. The number of carbonyl (C=O) groups excluding carboxylic acids is 4. The quantitative estimate of drug-likeness (QED) is 0.0954. The van der Waals surface area contributed by atoms with Crippen molar-refractivity contribution in [2.45, 2.75) is 70.8 Å². The van der Waals surface area contributed by atoms with Gasteiger partial charge in [-0.25, -0.2) is 0 Å². The first-order valence-corrected chi connectivity index (χ1v) is 18.2. The Labute approximate surface area is 317 Å².